The molecule has 0 amide bonds. The Bertz CT molecular complexity index is 202. The first-order valence-corrected chi connectivity index (χ1v) is 4.47. The summed E-state index contributed by atoms with van der Waals surface area (Å²) in [5.74, 6) is -0.217. The van der Waals surface area contributed by atoms with E-state index in [1.54, 1.807) is 18.2 Å². The van der Waals surface area contributed by atoms with E-state index < -0.39 is 0 Å². The van der Waals surface area contributed by atoms with Crippen LogP contribution in [0.15, 0.2) is 24.3 Å². The van der Waals surface area contributed by atoms with Gasteiger partial charge in [-0.15, -0.1) is 0 Å². The molecule has 0 N–H and O–H groups in total. The standard InChI is InChI=1S/C6H5ClFP/c7-9-6-4-2-1-3-5(6)8/h1-4,9H. The van der Waals surface area contributed by atoms with E-state index in [9.17, 15) is 4.39 Å². The topological polar surface area (TPSA) is 0 Å². The van der Waals surface area contributed by atoms with Gasteiger partial charge in [-0.1, -0.05) is 29.4 Å². The van der Waals surface area contributed by atoms with Crippen molar-refractivity contribution in [3.63, 3.8) is 0 Å². The summed E-state index contributed by atoms with van der Waals surface area (Å²) in [5, 5.41) is 0.583. The zero-order chi connectivity index (χ0) is 6.69. The smallest absolute Gasteiger partial charge is 0.131 e. The number of benzene rings is 1. The lowest BCUT2D eigenvalue weighted by Gasteiger charge is -1.93. The quantitative estimate of drug-likeness (QED) is 0.556. The Balaban J connectivity index is 3.01. The minimum atomic E-state index is -0.217. The molecule has 0 fully saturated rings. The van der Waals surface area contributed by atoms with Gasteiger partial charge in [-0.05, 0) is 6.07 Å². The van der Waals surface area contributed by atoms with Gasteiger partial charge in [0.1, 0.15) is 5.82 Å². The van der Waals surface area contributed by atoms with Crippen LogP contribution in [0.3, 0.4) is 0 Å². The van der Waals surface area contributed by atoms with E-state index in [4.69, 9.17) is 11.2 Å². The van der Waals surface area contributed by atoms with Crippen molar-refractivity contribution >= 4 is 24.5 Å². The first-order valence-electron chi connectivity index (χ1n) is 2.46. The van der Waals surface area contributed by atoms with E-state index in [1.165, 1.54) is 6.07 Å². The van der Waals surface area contributed by atoms with E-state index in [-0.39, 0.29) is 13.8 Å². The number of hydrogen-bond acceptors (Lipinski definition) is 0. The summed E-state index contributed by atoms with van der Waals surface area (Å²) in [4.78, 5) is 0. The highest BCUT2D eigenvalue weighted by molar-refractivity contribution is 7.74. The molecule has 0 saturated carbocycles. The summed E-state index contributed by atoms with van der Waals surface area (Å²) in [5.41, 5.74) is 0. The Kier molecular flexibility index (Phi) is 2.44. The lowest BCUT2D eigenvalue weighted by atomic mass is 10.3. The van der Waals surface area contributed by atoms with Crippen LogP contribution in [0.2, 0.25) is 0 Å². The first-order chi connectivity index (χ1) is 4.34. The predicted octanol–water partition coefficient (Wildman–Crippen LogP) is 2.28. The van der Waals surface area contributed by atoms with Crippen LogP contribution in [0, 0.1) is 5.82 Å². The molecule has 3 heteroatoms. The highest BCUT2D eigenvalue weighted by Gasteiger charge is 1.95. The molecule has 1 unspecified atom stereocenters. The summed E-state index contributed by atoms with van der Waals surface area (Å²) in [7, 11) is 0.0261. The zero-order valence-electron chi connectivity index (χ0n) is 4.57. The van der Waals surface area contributed by atoms with Crippen molar-refractivity contribution in [2.24, 2.45) is 0 Å². The molecule has 1 rings (SSSR count). The molecule has 1 aromatic rings. The molecule has 0 aromatic heterocycles. The Morgan fingerprint density at radius 1 is 1.33 bits per heavy atom. The van der Waals surface area contributed by atoms with Gasteiger partial charge in [0, 0.05) is 13.2 Å². The Morgan fingerprint density at radius 3 is 2.44 bits per heavy atom. The van der Waals surface area contributed by atoms with Crippen LogP contribution in [-0.2, 0) is 0 Å². The second-order valence-corrected chi connectivity index (χ2v) is 2.87. The average Bonchev–Trinajstić information content (AvgIpc) is 1.89. The summed E-state index contributed by atoms with van der Waals surface area (Å²) >= 11 is 5.42. The van der Waals surface area contributed by atoms with Crippen LogP contribution in [0.5, 0.6) is 0 Å². The second kappa shape index (κ2) is 3.14. The third-order valence-electron chi connectivity index (χ3n) is 0.976. The average molecular weight is 163 g/mol. The molecule has 0 saturated heterocycles. The monoisotopic (exact) mass is 162 g/mol. The van der Waals surface area contributed by atoms with Gasteiger partial charge in [-0.2, -0.15) is 0 Å². The maximum atomic E-state index is 12.5. The molecule has 1 aromatic carbocycles. The van der Waals surface area contributed by atoms with E-state index in [0.29, 0.717) is 5.30 Å². The highest BCUT2D eigenvalue weighted by Crippen LogP contribution is 2.16. The Morgan fingerprint density at radius 2 is 2.00 bits per heavy atom. The SMILES string of the molecule is Fc1ccccc1PCl. The van der Waals surface area contributed by atoms with Crippen LogP contribution in [0.25, 0.3) is 0 Å². The van der Waals surface area contributed by atoms with Crippen molar-refractivity contribution in [2.45, 2.75) is 0 Å². The second-order valence-electron chi connectivity index (χ2n) is 1.57. The zero-order valence-corrected chi connectivity index (χ0v) is 6.32. The van der Waals surface area contributed by atoms with Gasteiger partial charge in [0.05, 0.1) is 0 Å². The molecule has 0 bridgehead atoms. The van der Waals surface area contributed by atoms with Crippen molar-refractivity contribution in [1.82, 2.24) is 0 Å². The summed E-state index contributed by atoms with van der Waals surface area (Å²) in [6.45, 7) is 0. The maximum absolute atomic E-state index is 12.5. The van der Waals surface area contributed by atoms with Gasteiger partial charge >= 0.3 is 0 Å². The number of hydrogen-bond donors (Lipinski definition) is 0. The molecule has 0 aliphatic heterocycles. The van der Waals surface area contributed by atoms with Gasteiger partial charge in [-0.3, -0.25) is 0 Å². The Labute approximate surface area is 59.6 Å². The fourth-order valence-electron chi connectivity index (χ4n) is 0.538. The lowest BCUT2D eigenvalue weighted by molar-refractivity contribution is 0.636. The normalized spacial score (nSPS) is 10.9. The van der Waals surface area contributed by atoms with Crippen molar-refractivity contribution in [2.75, 3.05) is 0 Å². The summed E-state index contributed by atoms with van der Waals surface area (Å²) in [6, 6.07) is 6.51. The minimum absolute atomic E-state index is 0.0261. The fraction of sp³-hybridized carbons (Fsp3) is 0. The third-order valence-corrected chi connectivity index (χ3v) is 2.20. The summed E-state index contributed by atoms with van der Waals surface area (Å²) < 4.78 is 12.5. The van der Waals surface area contributed by atoms with E-state index >= 15 is 0 Å². The first kappa shape index (κ1) is 6.98. The molecule has 1 atom stereocenters. The van der Waals surface area contributed by atoms with Gasteiger partial charge in [0.2, 0.25) is 0 Å². The molecular formula is C6H5ClFP. The lowest BCUT2D eigenvalue weighted by Crippen LogP contribution is -1.96. The minimum Gasteiger partial charge on any atom is -0.206 e. The van der Waals surface area contributed by atoms with Gasteiger partial charge in [0.25, 0.3) is 0 Å². The van der Waals surface area contributed by atoms with Crippen LogP contribution in [-0.4, -0.2) is 0 Å². The van der Waals surface area contributed by atoms with E-state index in [0.717, 1.165) is 0 Å². The van der Waals surface area contributed by atoms with Gasteiger partial charge in [0.15, 0.2) is 0 Å². The molecule has 48 valence electrons. The van der Waals surface area contributed by atoms with Crippen LogP contribution >= 0.6 is 19.2 Å². The van der Waals surface area contributed by atoms with Crippen molar-refractivity contribution < 1.29 is 4.39 Å². The van der Waals surface area contributed by atoms with Crippen molar-refractivity contribution in [3.8, 4) is 0 Å². The van der Waals surface area contributed by atoms with Gasteiger partial charge < -0.3 is 0 Å². The Hall–Kier alpha value is -0.130. The van der Waals surface area contributed by atoms with Crippen molar-refractivity contribution in [1.29, 1.82) is 0 Å². The molecule has 0 radical (unpaired) electrons. The molecule has 0 nitrogen and oxygen atoms in total. The van der Waals surface area contributed by atoms with Crippen LogP contribution in [0.1, 0.15) is 0 Å². The molecule has 0 heterocycles. The molecule has 0 aliphatic carbocycles. The fourth-order valence-corrected chi connectivity index (χ4v) is 1.33. The van der Waals surface area contributed by atoms with Gasteiger partial charge in [-0.25, -0.2) is 4.39 Å². The molecule has 9 heavy (non-hydrogen) atoms. The van der Waals surface area contributed by atoms with E-state index in [2.05, 4.69) is 0 Å². The van der Waals surface area contributed by atoms with Crippen molar-refractivity contribution in [3.05, 3.63) is 30.1 Å². The van der Waals surface area contributed by atoms with E-state index in [1.807, 2.05) is 0 Å². The van der Waals surface area contributed by atoms with Crippen LogP contribution < -0.4 is 5.30 Å². The highest BCUT2D eigenvalue weighted by atomic mass is 35.7. The predicted molar refractivity (Wildman–Crippen MR) is 40.2 cm³/mol. The van der Waals surface area contributed by atoms with Crippen LogP contribution in [0.4, 0.5) is 4.39 Å². The third kappa shape index (κ3) is 1.64. The molecule has 0 aliphatic rings. The summed E-state index contributed by atoms with van der Waals surface area (Å²) in [6.07, 6.45) is 0. The maximum Gasteiger partial charge on any atom is 0.131 e. The molecular weight excluding hydrogens is 157 g/mol. The largest absolute Gasteiger partial charge is 0.206 e. The number of rotatable bonds is 1. The number of halogens is 2. The molecule has 0 spiro atoms.